The molecule has 7 heteroatoms. The molecule has 1 N–H and O–H groups in total. The van der Waals surface area contributed by atoms with Gasteiger partial charge >= 0.3 is 5.97 Å². The van der Waals surface area contributed by atoms with Gasteiger partial charge in [0.25, 0.3) is 5.56 Å². The molecule has 0 fully saturated rings. The van der Waals surface area contributed by atoms with Crippen molar-refractivity contribution in [2.24, 2.45) is 0 Å². The van der Waals surface area contributed by atoms with Gasteiger partial charge < -0.3 is 9.72 Å². The number of nitrogens with one attached hydrogen (secondary N) is 1. The molecule has 0 aliphatic heterocycles. The van der Waals surface area contributed by atoms with Crippen LogP contribution in [-0.2, 0) is 29.0 Å². The van der Waals surface area contributed by atoms with Crippen molar-refractivity contribution in [3.63, 3.8) is 0 Å². The Balaban J connectivity index is 1.49. The molecule has 5 nitrogen and oxygen atoms in total. The van der Waals surface area contributed by atoms with Crippen LogP contribution < -0.4 is 5.56 Å². The third kappa shape index (κ3) is 2.92. The number of carbonyl (C=O) groups is 1. The lowest BCUT2D eigenvalue weighted by atomic mass is 10.2. The number of rotatable bonds is 4. The number of aromatic nitrogens is 2. The third-order valence-electron chi connectivity index (χ3n) is 3.93. The molecule has 3 heterocycles. The van der Waals surface area contributed by atoms with E-state index in [1.807, 2.05) is 16.8 Å². The predicted molar refractivity (Wildman–Crippen MR) is 95.4 cm³/mol. The summed E-state index contributed by atoms with van der Waals surface area (Å²) in [6, 6.07) is 1.91. The van der Waals surface area contributed by atoms with Crippen LogP contribution in [0.3, 0.4) is 0 Å². The van der Waals surface area contributed by atoms with E-state index in [9.17, 15) is 9.59 Å². The molecule has 3 aromatic heterocycles. The first kappa shape index (κ1) is 15.3. The number of ether oxygens (including phenoxy) is 1. The lowest BCUT2D eigenvalue weighted by Crippen LogP contribution is -2.13. The van der Waals surface area contributed by atoms with E-state index in [-0.39, 0.29) is 12.2 Å². The summed E-state index contributed by atoms with van der Waals surface area (Å²) < 4.78 is 5.16. The van der Waals surface area contributed by atoms with Crippen molar-refractivity contribution in [3.05, 3.63) is 55.1 Å². The highest BCUT2D eigenvalue weighted by Gasteiger charge is 2.21. The van der Waals surface area contributed by atoms with E-state index in [0.717, 1.165) is 35.2 Å². The molecule has 0 bridgehead atoms. The first-order valence-corrected chi connectivity index (χ1v) is 9.37. The lowest BCUT2D eigenvalue weighted by molar-refractivity contribution is -0.139. The maximum Gasteiger partial charge on any atom is 0.331 e. The first-order valence-electron chi connectivity index (χ1n) is 7.61. The molecule has 3 aromatic rings. The van der Waals surface area contributed by atoms with Gasteiger partial charge in [-0.05, 0) is 53.3 Å². The Bertz CT molecular complexity index is 983. The molecular formula is C17H14N2O3S2. The number of aryl methyl sites for hydroxylation is 2. The second-order valence-corrected chi connectivity index (χ2v) is 7.41. The first-order chi connectivity index (χ1) is 11.7. The lowest BCUT2D eigenvalue weighted by Gasteiger charge is -2.02. The second kappa shape index (κ2) is 6.33. The summed E-state index contributed by atoms with van der Waals surface area (Å²) in [7, 11) is 0. The molecule has 0 radical (unpaired) electrons. The van der Waals surface area contributed by atoms with Crippen LogP contribution in [-0.4, -0.2) is 15.9 Å². The molecule has 122 valence electrons. The summed E-state index contributed by atoms with van der Waals surface area (Å²) in [4.78, 5) is 33.2. The Hall–Kier alpha value is -2.25. The second-order valence-electron chi connectivity index (χ2n) is 5.55. The standard InChI is InChI=1S/C17H14N2O3S2/c20-14(5-4-10-6-7-23-9-10)22-8-13-18-16(21)15-11-2-1-3-12(11)24-17(15)19-13/h4-7,9H,1-3,8H2,(H,18,19,21)/b5-4+. The number of aromatic amines is 1. The van der Waals surface area contributed by atoms with Gasteiger partial charge in [0.2, 0.25) is 0 Å². The highest BCUT2D eigenvalue weighted by Crippen LogP contribution is 2.34. The Kier molecular flexibility index (Phi) is 4.03. The fraction of sp³-hybridized carbons (Fsp3) is 0.235. The molecule has 0 aromatic carbocycles. The Morgan fingerprint density at radius 1 is 1.42 bits per heavy atom. The highest BCUT2D eigenvalue weighted by atomic mass is 32.1. The molecule has 0 saturated heterocycles. The van der Waals surface area contributed by atoms with Gasteiger partial charge in [-0.3, -0.25) is 4.79 Å². The minimum Gasteiger partial charge on any atom is -0.454 e. The summed E-state index contributed by atoms with van der Waals surface area (Å²) >= 11 is 3.13. The van der Waals surface area contributed by atoms with E-state index in [1.165, 1.54) is 11.0 Å². The van der Waals surface area contributed by atoms with E-state index in [0.29, 0.717) is 11.2 Å². The topological polar surface area (TPSA) is 72.0 Å². The van der Waals surface area contributed by atoms with Crippen molar-refractivity contribution >= 4 is 44.9 Å². The van der Waals surface area contributed by atoms with Crippen LogP contribution >= 0.6 is 22.7 Å². The van der Waals surface area contributed by atoms with Crippen LogP contribution in [0.4, 0.5) is 0 Å². The fourth-order valence-electron chi connectivity index (χ4n) is 2.84. The SMILES string of the molecule is O=C(/C=C/c1ccsc1)OCc1nc2sc3c(c2c(=O)[nH]1)CCC3. The molecular weight excluding hydrogens is 344 g/mol. The highest BCUT2D eigenvalue weighted by molar-refractivity contribution is 7.18. The number of nitrogens with zero attached hydrogens (tertiary/aromatic N) is 1. The maximum atomic E-state index is 12.3. The van der Waals surface area contributed by atoms with Crippen LogP contribution in [0.1, 0.15) is 28.2 Å². The molecule has 0 spiro atoms. The quantitative estimate of drug-likeness (QED) is 0.574. The monoisotopic (exact) mass is 358 g/mol. The van der Waals surface area contributed by atoms with Crippen LogP contribution in [0.2, 0.25) is 0 Å². The largest absolute Gasteiger partial charge is 0.454 e. The summed E-state index contributed by atoms with van der Waals surface area (Å²) in [6.07, 6.45) is 6.14. The fourth-order valence-corrected chi connectivity index (χ4v) is 4.75. The minimum absolute atomic E-state index is 0.0411. The van der Waals surface area contributed by atoms with E-state index in [2.05, 4.69) is 9.97 Å². The normalized spacial score (nSPS) is 13.7. The predicted octanol–water partition coefficient (Wildman–Crippen LogP) is 3.29. The molecule has 24 heavy (non-hydrogen) atoms. The van der Waals surface area contributed by atoms with Crippen molar-refractivity contribution in [3.8, 4) is 0 Å². The molecule has 0 amide bonds. The molecule has 0 unspecified atom stereocenters. The number of hydrogen-bond acceptors (Lipinski definition) is 6. The number of fused-ring (bicyclic) bond motifs is 3. The number of thiophene rings is 2. The number of H-pyrrole nitrogens is 1. The van der Waals surface area contributed by atoms with Gasteiger partial charge in [-0.2, -0.15) is 11.3 Å². The van der Waals surface area contributed by atoms with Gasteiger partial charge in [0.15, 0.2) is 0 Å². The number of carbonyl (C=O) groups excluding carboxylic acids is 1. The van der Waals surface area contributed by atoms with Crippen molar-refractivity contribution in [2.75, 3.05) is 0 Å². The van der Waals surface area contributed by atoms with Gasteiger partial charge in [-0.1, -0.05) is 0 Å². The van der Waals surface area contributed by atoms with E-state index >= 15 is 0 Å². The van der Waals surface area contributed by atoms with Gasteiger partial charge in [-0.25, -0.2) is 9.78 Å². The molecule has 0 saturated carbocycles. The maximum absolute atomic E-state index is 12.3. The summed E-state index contributed by atoms with van der Waals surface area (Å²) in [5.41, 5.74) is 1.96. The zero-order valence-corrected chi connectivity index (χ0v) is 14.3. The van der Waals surface area contributed by atoms with Crippen LogP contribution in [0.25, 0.3) is 16.3 Å². The third-order valence-corrected chi connectivity index (χ3v) is 5.82. The molecule has 1 aliphatic rings. The van der Waals surface area contributed by atoms with Crippen molar-refractivity contribution in [1.29, 1.82) is 0 Å². The zero-order valence-electron chi connectivity index (χ0n) is 12.7. The smallest absolute Gasteiger partial charge is 0.331 e. The molecule has 1 aliphatic carbocycles. The minimum atomic E-state index is -0.461. The van der Waals surface area contributed by atoms with Gasteiger partial charge in [-0.15, -0.1) is 11.3 Å². The molecule has 0 atom stereocenters. The van der Waals surface area contributed by atoms with Crippen molar-refractivity contribution in [2.45, 2.75) is 25.9 Å². The Morgan fingerprint density at radius 3 is 3.17 bits per heavy atom. The van der Waals surface area contributed by atoms with Gasteiger partial charge in [0, 0.05) is 11.0 Å². The average molecular weight is 358 g/mol. The number of hydrogen-bond donors (Lipinski definition) is 1. The van der Waals surface area contributed by atoms with E-state index in [1.54, 1.807) is 28.7 Å². The van der Waals surface area contributed by atoms with Gasteiger partial charge in [0.1, 0.15) is 17.3 Å². The average Bonchev–Trinajstić information content (AvgIpc) is 3.27. The van der Waals surface area contributed by atoms with E-state index < -0.39 is 5.97 Å². The van der Waals surface area contributed by atoms with Crippen molar-refractivity contribution < 1.29 is 9.53 Å². The van der Waals surface area contributed by atoms with Crippen LogP contribution in [0, 0.1) is 0 Å². The van der Waals surface area contributed by atoms with Crippen LogP contribution in [0.15, 0.2) is 27.7 Å². The van der Waals surface area contributed by atoms with Crippen LogP contribution in [0.5, 0.6) is 0 Å². The zero-order chi connectivity index (χ0) is 16.5. The Morgan fingerprint density at radius 2 is 2.33 bits per heavy atom. The summed E-state index contributed by atoms with van der Waals surface area (Å²) in [5.74, 6) is -0.0812. The van der Waals surface area contributed by atoms with Gasteiger partial charge in [0.05, 0.1) is 5.39 Å². The number of esters is 1. The summed E-state index contributed by atoms with van der Waals surface area (Å²) in [5, 5.41) is 4.58. The summed E-state index contributed by atoms with van der Waals surface area (Å²) in [6.45, 7) is -0.0411. The van der Waals surface area contributed by atoms with Crippen molar-refractivity contribution in [1.82, 2.24) is 9.97 Å². The molecule has 4 rings (SSSR count). The Labute approximate surface area is 145 Å². The van der Waals surface area contributed by atoms with E-state index in [4.69, 9.17) is 4.74 Å².